The van der Waals surface area contributed by atoms with E-state index < -0.39 is 5.38 Å². The number of alkyl halides is 1. The van der Waals surface area contributed by atoms with E-state index in [4.69, 9.17) is 16.0 Å². The van der Waals surface area contributed by atoms with E-state index in [0.29, 0.717) is 18.7 Å². The van der Waals surface area contributed by atoms with Gasteiger partial charge in [-0.1, -0.05) is 6.07 Å². The number of likely N-dealkylation sites (tertiary alicyclic amines) is 1. The molecular weight excluding hydrogens is 316 g/mol. The summed E-state index contributed by atoms with van der Waals surface area (Å²) in [7, 11) is 0. The molecule has 1 amide bonds. The van der Waals surface area contributed by atoms with Crippen molar-refractivity contribution in [1.29, 1.82) is 0 Å². The third kappa shape index (κ3) is 2.90. The molecule has 1 aromatic carbocycles. The van der Waals surface area contributed by atoms with E-state index in [9.17, 15) is 9.59 Å². The molecule has 3 rings (SSSR count). The van der Waals surface area contributed by atoms with Crippen LogP contribution in [0.1, 0.15) is 36.9 Å². The highest BCUT2D eigenvalue weighted by atomic mass is 35.5. The summed E-state index contributed by atoms with van der Waals surface area (Å²) in [6.07, 6.45) is 1.47. The van der Waals surface area contributed by atoms with Gasteiger partial charge < -0.3 is 9.32 Å². The first-order valence-corrected chi connectivity index (χ1v) is 8.37. The summed E-state index contributed by atoms with van der Waals surface area (Å²) < 4.78 is 7.21. The Morgan fingerprint density at radius 1 is 1.30 bits per heavy atom. The van der Waals surface area contributed by atoms with Crippen molar-refractivity contribution in [2.24, 2.45) is 0 Å². The van der Waals surface area contributed by atoms with Gasteiger partial charge in [-0.3, -0.25) is 9.36 Å². The van der Waals surface area contributed by atoms with Crippen molar-refractivity contribution >= 4 is 28.6 Å². The highest BCUT2D eigenvalue weighted by Gasteiger charge is 2.28. The van der Waals surface area contributed by atoms with Crippen LogP contribution in [-0.2, 0) is 4.79 Å². The second-order valence-electron chi connectivity index (χ2n) is 6.34. The Kier molecular flexibility index (Phi) is 4.23. The molecular formula is C17H21ClN2O3. The first kappa shape index (κ1) is 16.1. The second kappa shape index (κ2) is 6.04. The first-order chi connectivity index (χ1) is 10.9. The van der Waals surface area contributed by atoms with Gasteiger partial charge in [-0.2, -0.15) is 0 Å². The largest absolute Gasteiger partial charge is 0.420 e. The number of carbonyl (C=O) groups excluding carboxylic acids is 1. The molecule has 1 fully saturated rings. The van der Waals surface area contributed by atoms with Crippen LogP contribution < -0.4 is 5.76 Å². The molecule has 23 heavy (non-hydrogen) atoms. The fourth-order valence-corrected chi connectivity index (χ4v) is 3.56. The molecule has 1 aliphatic rings. The van der Waals surface area contributed by atoms with Gasteiger partial charge in [0.25, 0.3) is 0 Å². The van der Waals surface area contributed by atoms with Gasteiger partial charge in [0.1, 0.15) is 5.38 Å². The van der Waals surface area contributed by atoms with Crippen LogP contribution in [0.5, 0.6) is 0 Å². The minimum Gasteiger partial charge on any atom is -0.407 e. The number of hydrogen-bond acceptors (Lipinski definition) is 3. The average Bonchev–Trinajstić information content (AvgIpc) is 2.83. The smallest absolute Gasteiger partial charge is 0.407 e. The van der Waals surface area contributed by atoms with E-state index >= 15 is 0 Å². The fourth-order valence-electron chi connectivity index (χ4n) is 3.42. The van der Waals surface area contributed by atoms with Crippen LogP contribution in [0.2, 0.25) is 0 Å². The van der Waals surface area contributed by atoms with Crippen LogP contribution in [0.4, 0.5) is 0 Å². The predicted octanol–water partition coefficient (Wildman–Crippen LogP) is 3.00. The Morgan fingerprint density at radius 2 is 1.96 bits per heavy atom. The highest BCUT2D eigenvalue weighted by molar-refractivity contribution is 6.30. The van der Waals surface area contributed by atoms with E-state index in [1.54, 1.807) is 16.4 Å². The molecule has 1 aliphatic heterocycles. The van der Waals surface area contributed by atoms with Gasteiger partial charge in [-0.25, -0.2) is 4.79 Å². The number of benzene rings is 1. The summed E-state index contributed by atoms with van der Waals surface area (Å²) in [5.41, 5.74) is 3.59. The van der Waals surface area contributed by atoms with E-state index in [2.05, 4.69) is 0 Å². The van der Waals surface area contributed by atoms with Crippen LogP contribution in [0, 0.1) is 13.8 Å². The van der Waals surface area contributed by atoms with Gasteiger partial charge in [0.15, 0.2) is 5.58 Å². The number of halogens is 1. The molecule has 0 spiro atoms. The molecule has 2 aromatic rings. The Labute approximate surface area is 139 Å². The molecule has 6 heteroatoms. The molecule has 0 aliphatic carbocycles. The van der Waals surface area contributed by atoms with E-state index in [-0.39, 0.29) is 17.7 Å². The maximum atomic E-state index is 12.3. The number of aromatic nitrogens is 1. The van der Waals surface area contributed by atoms with E-state index in [1.807, 2.05) is 26.0 Å². The summed E-state index contributed by atoms with van der Waals surface area (Å²) in [4.78, 5) is 26.1. The molecule has 1 atom stereocenters. The second-order valence-corrected chi connectivity index (χ2v) is 7.00. The zero-order valence-electron chi connectivity index (χ0n) is 13.6. The van der Waals surface area contributed by atoms with Crippen molar-refractivity contribution in [2.75, 3.05) is 13.1 Å². The van der Waals surface area contributed by atoms with Crippen molar-refractivity contribution in [2.45, 2.75) is 45.0 Å². The van der Waals surface area contributed by atoms with Crippen LogP contribution in [0.3, 0.4) is 0 Å². The fraction of sp³-hybridized carbons (Fsp3) is 0.529. The van der Waals surface area contributed by atoms with Crippen LogP contribution >= 0.6 is 11.6 Å². The molecule has 0 saturated carbocycles. The average molecular weight is 337 g/mol. The summed E-state index contributed by atoms with van der Waals surface area (Å²) in [5, 5.41) is -0.505. The summed E-state index contributed by atoms with van der Waals surface area (Å²) in [6.45, 7) is 6.88. The molecule has 5 nitrogen and oxygen atoms in total. The number of nitrogens with zero attached hydrogens (tertiary/aromatic N) is 2. The molecule has 124 valence electrons. The Hall–Kier alpha value is -1.75. The lowest BCUT2D eigenvalue weighted by molar-refractivity contribution is -0.131. The highest BCUT2D eigenvalue weighted by Crippen LogP contribution is 2.28. The van der Waals surface area contributed by atoms with Gasteiger partial charge in [-0.15, -0.1) is 11.6 Å². The normalized spacial score (nSPS) is 17.7. The van der Waals surface area contributed by atoms with Crippen molar-refractivity contribution in [1.82, 2.24) is 9.47 Å². The predicted molar refractivity (Wildman–Crippen MR) is 90.1 cm³/mol. The number of carbonyl (C=O) groups is 1. The SMILES string of the molecule is Cc1cc(C)c2oc(=O)n(C3CCN(C(=O)C(C)Cl)CC3)c2c1. The standard InChI is InChI=1S/C17H21ClN2O3/c1-10-8-11(2)15-14(9-10)20(17(22)23-15)13-4-6-19(7-5-13)16(21)12(3)18/h8-9,12-13H,4-7H2,1-3H3. The maximum absolute atomic E-state index is 12.3. The van der Waals surface area contributed by atoms with Crippen molar-refractivity contribution in [3.63, 3.8) is 0 Å². The van der Waals surface area contributed by atoms with Crippen molar-refractivity contribution in [3.8, 4) is 0 Å². The third-order valence-corrected chi connectivity index (χ3v) is 4.71. The van der Waals surface area contributed by atoms with E-state index in [1.165, 1.54) is 0 Å². The van der Waals surface area contributed by atoms with Gasteiger partial charge in [0.05, 0.1) is 5.52 Å². The number of oxazole rings is 1. The number of hydrogen-bond donors (Lipinski definition) is 0. The Morgan fingerprint density at radius 3 is 2.57 bits per heavy atom. The lowest BCUT2D eigenvalue weighted by atomic mass is 10.0. The zero-order valence-corrected chi connectivity index (χ0v) is 14.4. The molecule has 2 heterocycles. The summed E-state index contributed by atoms with van der Waals surface area (Å²) in [5.74, 6) is -0.356. The van der Waals surface area contributed by atoms with E-state index in [0.717, 1.165) is 29.5 Å². The number of rotatable bonds is 2. The number of amides is 1. The molecule has 0 bridgehead atoms. The monoisotopic (exact) mass is 336 g/mol. The van der Waals surface area contributed by atoms with Gasteiger partial charge in [0.2, 0.25) is 5.91 Å². The molecule has 1 unspecified atom stereocenters. The van der Waals surface area contributed by atoms with Gasteiger partial charge in [0, 0.05) is 19.1 Å². The lowest BCUT2D eigenvalue weighted by Gasteiger charge is -2.33. The Bertz CT molecular complexity index is 798. The minimum atomic E-state index is -0.505. The zero-order chi connectivity index (χ0) is 16.7. The van der Waals surface area contributed by atoms with Gasteiger partial charge >= 0.3 is 5.76 Å². The van der Waals surface area contributed by atoms with Crippen LogP contribution in [0.25, 0.3) is 11.1 Å². The maximum Gasteiger partial charge on any atom is 0.420 e. The van der Waals surface area contributed by atoms with Crippen molar-refractivity contribution < 1.29 is 9.21 Å². The third-order valence-electron chi connectivity index (χ3n) is 4.53. The number of fused-ring (bicyclic) bond motifs is 1. The minimum absolute atomic E-state index is 0.0406. The first-order valence-electron chi connectivity index (χ1n) is 7.93. The molecule has 1 saturated heterocycles. The number of aryl methyl sites for hydroxylation is 2. The molecule has 1 aromatic heterocycles. The van der Waals surface area contributed by atoms with Crippen LogP contribution in [0.15, 0.2) is 21.3 Å². The topological polar surface area (TPSA) is 55.5 Å². The molecule has 0 radical (unpaired) electrons. The quantitative estimate of drug-likeness (QED) is 0.792. The number of piperidine rings is 1. The summed E-state index contributed by atoms with van der Waals surface area (Å²) in [6, 6.07) is 4.06. The van der Waals surface area contributed by atoms with Crippen molar-refractivity contribution in [3.05, 3.63) is 33.8 Å². The summed E-state index contributed by atoms with van der Waals surface area (Å²) >= 11 is 5.87. The Balaban J connectivity index is 1.90. The van der Waals surface area contributed by atoms with Crippen LogP contribution in [-0.4, -0.2) is 33.8 Å². The lowest BCUT2D eigenvalue weighted by Crippen LogP contribution is -2.42. The van der Waals surface area contributed by atoms with Gasteiger partial charge in [-0.05, 0) is 50.8 Å². The molecule has 0 N–H and O–H groups in total.